The zero-order valence-corrected chi connectivity index (χ0v) is 14.6. The third-order valence-corrected chi connectivity index (χ3v) is 4.83. The van der Waals surface area contributed by atoms with Crippen molar-refractivity contribution in [1.29, 1.82) is 0 Å². The van der Waals surface area contributed by atoms with Crippen molar-refractivity contribution < 1.29 is 9.59 Å². The Morgan fingerprint density at radius 2 is 2.17 bits per heavy atom. The first kappa shape index (κ1) is 16.6. The number of nitrogens with zero attached hydrogens (tertiary/aromatic N) is 2. The maximum atomic E-state index is 12.4. The summed E-state index contributed by atoms with van der Waals surface area (Å²) < 4.78 is 0. The number of aliphatic imine (C=N–C) groups is 1. The van der Waals surface area contributed by atoms with E-state index < -0.39 is 0 Å². The van der Waals surface area contributed by atoms with Gasteiger partial charge in [-0.3, -0.25) is 14.6 Å². The largest absolute Gasteiger partial charge is 0.326 e. The van der Waals surface area contributed by atoms with Crippen LogP contribution in [0.3, 0.4) is 0 Å². The Bertz CT molecular complexity index is 742. The van der Waals surface area contributed by atoms with Crippen LogP contribution in [0.1, 0.15) is 25.8 Å². The number of rotatable bonds is 5. The van der Waals surface area contributed by atoms with Crippen molar-refractivity contribution >= 4 is 40.1 Å². The Hall–Kier alpha value is -2.28. The zero-order valence-electron chi connectivity index (χ0n) is 13.8. The van der Waals surface area contributed by atoms with Gasteiger partial charge in [0.15, 0.2) is 5.17 Å². The molecule has 0 atom stereocenters. The van der Waals surface area contributed by atoms with Crippen LogP contribution in [0.25, 0.3) is 0 Å². The van der Waals surface area contributed by atoms with Crippen molar-refractivity contribution in [3.05, 3.63) is 34.9 Å². The number of hydrogen-bond donors (Lipinski definition) is 2. The van der Waals surface area contributed by atoms with Crippen molar-refractivity contribution in [2.24, 2.45) is 4.99 Å². The standard InChI is InChI=1S/C17H20N4O2S/c1-3-12-4-5-13(19-11(2)22)8-15(12)20-16(23)9-14-10-24-17-18-6-7-21(14)17/h4-5,8,10H,3,6-7,9H2,1-2H3,(H,19,22)(H,20,23). The number of carbonyl (C=O) groups is 2. The molecule has 3 rings (SSSR count). The van der Waals surface area contributed by atoms with E-state index >= 15 is 0 Å². The summed E-state index contributed by atoms with van der Waals surface area (Å²) in [6, 6.07) is 5.58. The number of amides is 2. The summed E-state index contributed by atoms with van der Waals surface area (Å²) in [5.74, 6) is -0.199. The topological polar surface area (TPSA) is 73.8 Å². The van der Waals surface area contributed by atoms with Crippen molar-refractivity contribution in [2.75, 3.05) is 23.7 Å². The normalized spacial score (nSPS) is 15.7. The van der Waals surface area contributed by atoms with E-state index in [1.165, 1.54) is 6.92 Å². The van der Waals surface area contributed by atoms with Crippen LogP contribution < -0.4 is 10.6 Å². The zero-order chi connectivity index (χ0) is 17.1. The maximum absolute atomic E-state index is 12.4. The fourth-order valence-corrected chi connectivity index (χ4v) is 3.71. The van der Waals surface area contributed by atoms with E-state index in [-0.39, 0.29) is 11.8 Å². The van der Waals surface area contributed by atoms with Crippen molar-refractivity contribution in [3.8, 4) is 0 Å². The van der Waals surface area contributed by atoms with E-state index in [2.05, 4.69) is 20.5 Å². The lowest BCUT2D eigenvalue weighted by molar-refractivity contribution is -0.116. The van der Waals surface area contributed by atoms with E-state index in [0.717, 1.165) is 41.6 Å². The van der Waals surface area contributed by atoms with Gasteiger partial charge in [0, 0.05) is 30.5 Å². The first-order valence-corrected chi connectivity index (χ1v) is 8.83. The van der Waals surface area contributed by atoms with Gasteiger partial charge in [-0.2, -0.15) is 0 Å². The van der Waals surface area contributed by atoms with Crippen LogP contribution in [-0.2, 0) is 16.0 Å². The predicted octanol–water partition coefficient (Wildman–Crippen LogP) is 2.80. The van der Waals surface area contributed by atoms with Crippen LogP contribution in [0, 0.1) is 0 Å². The monoisotopic (exact) mass is 344 g/mol. The molecule has 2 heterocycles. The Kier molecular flexibility index (Phi) is 4.89. The summed E-state index contributed by atoms with van der Waals surface area (Å²) in [6.07, 6.45) is 1.12. The van der Waals surface area contributed by atoms with Gasteiger partial charge in [-0.25, -0.2) is 0 Å². The lowest BCUT2D eigenvalue weighted by Gasteiger charge is -2.17. The molecule has 2 aliphatic heterocycles. The summed E-state index contributed by atoms with van der Waals surface area (Å²) in [5, 5.41) is 8.70. The number of benzene rings is 1. The lowest BCUT2D eigenvalue weighted by atomic mass is 10.1. The highest BCUT2D eigenvalue weighted by molar-refractivity contribution is 8.16. The summed E-state index contributed by atoms with van der Waals surface area (Å²) >= 11 is 1.57. The van der Waals surface area contributed by atoms with Crippen LogP contribution in [0.2, 0.25) is 0 Å². The molecule has 0 fully saturated rings. The number of fused-ring (bicyclic) bond motifs is 1. The van der Waals surface area contributed by atoms with Gasteiger partial charge in [-0.05, 0) is 29.5 Å². The number of anilines is 2. The van der Waals surface area contributed by atoms with Crippen LogP contribution >= 0.6 is 11.8 Å². The molecule has 0 aliphatic carbocycles. The number of thioether (sulfide) groups is 1. The second-order valence-electron chi connectivity index (χ2n) is 5.67. The van der Waals surface area contributed by atoms with Gasteiger partial charge in [0.1, 0.15) is 0 Å². The van der Waals surface area contributed by atoms with Crippen LogP contribution in [0.5, 0.6) is 0 Å². The van der Waals surface area contributed by atoms with Gasteiger partial charge in [-0.15, -0.1) is 0 Å². The molecule has 7 heteroatoms. The van der Waals surface area contributed by atoms with E-state index in [0.29, 0.717) is 12.1 Å². The molecule has 0 saturated heterocycles. The highest BCUT2D eigenvalue weighted by Crippen LogP contribution is 2.31. The Labute approximate surface area is 145 Å². The average molecular weight is 344 g/mol. The van der Waals surface area contributed by atoms with Gasteiger partial charge < -0.3 is 15.5 Å². The number of amidine groups is 1. The molecule has 0 bridgehead atoms. The Morgan fingerprint density at radius 1 is 1.33 bits per heavy atom. The van der Waals surface area contributed by atoms with Gasteiger partial charge in [0.25, 0.3) is 0 Å². The van der Waals surface area contributed by atoms with E-state index in [4.69, 9.17) is 0 Å². The van der Waals surface area contributed by atoms with Gasteiger partial charge in [0.2, 0.25) is 11.8 Å². The third-order valence-electron chi connectivity index (χ3n) is 3.88. The molecule has 126 valence electrons. The number of carbonyl (C=O) groups excluding carboxylic acids is 2. The molecule has 1 aromatic rings. The minimum absolute atomic E-state index is 0.0651. The first-order chi connectivity index (χ1) is 11.6. The molecule has 1 aromatic carbocycles. The molecule has 2 aliphatic rings. The molecule has 0 unspecified atom stereocenters. The molecule has 0 radical (unpaired) electrons. The van der Waals surface area contributed by atoms with E-state index in [9.17, 15) is 9.59 Å². The molecule has 0 aromatic heterocycles. The van der Waals surface area contributed by atoms with Crippen LogP contribution in [-0.4, -0.2) is 35.0 Å². The summed E-state index contributed by atoms with van der Waals surface area (Å²) in [6.45, 7) is 5.14. The fourth-order valence-electron chi connectivity index (χ4n) is 2.76. The predicted molar refractivity (Wildman–Crippen MR) is 98.1 cm³/mol. The lowest BCUT2D eigenvalue weighted by Crippen LogP contribution is -2.24. The van der Waals surface area contributed by atoms with Crippen LogP contribution in [0.15, 0.2) is 34.3 Å². The molecular weight excluding hydrogens is 324 g/mol. The second-order valence-corrected chi connectivity index (χ2v) is 6.51. The molecule has 2 amide bonds. The van der Waals surface area contributed by atoms with E-state index in [1.807, 2.05) is 24.5 Å². The number of nitrogens with one attached hydrogen (secondary N) is 2. The van der Waals surface area contributed by atoms with Crippen LogP contribution in [0.4, 0.5) is 11.4 Å². The average Bonchev–Trinajstić information content (AvgIpc) is 3.12. The Morgan fingerprint density at radius 3 is 2.92 bits per heavy atom. The number of aryl methyl sites for hydroxylation is 1. The smallest absolute Gasteiger partial charge is 0.230 e. The van der Waals surface area contributed by atoms with Crippen molar-refractivity contribution in [3.63, 3.8) is 0 Å². The Balaban J connectivity index is 1.69. The quantitative estimate of drug-likeness (QED) is 0.861. The highest BCUT2D eigenvalue weighted by Gasteiger charge is 2.27. The van der Waals surface area contributed by atoms with E-state index in [1.54, 1.807) is 17.8 Å². The second kappa shape index (κ2) is 7.09. The molecule has 24 heavy (non-hydrogen) atoms. The van der Waals surface area contributed by atoms with Gasteiger partial charge in [-0.1, -0.05) is 24.8 Å². The highest BCUT2D eigenvalue weighted by atomic mass is 32.2. The minimum atomic E-state index is -0.134. The molecule has 6 nitrogen and oxygen atoms in total. The molecule has 0 saturated carbocycles. The number of hydrogen-bond acceptors (Lipinski definition) is 5. The van der Waals surface area contributed by atoms with Crippen molar-refractivity contribution in [2.45, 2.75) is 26.7 Å². The summed E-state index contributed by atoms with van der Waals surface area (Å²) in [4.78, 5) is 30.1. The summed E-state index contributed by atoms with van der Waals surface area (Å²) in [7, 11) is 0. The molecule has 2 N–H and O–H groups in total. The maximum Gasteiger partial charge on any atom is 0.230 e. The molecular formula is C17H20N4O2S. The minimum Gasteiger partial charge on any atom is -0.326 e. The molecule has 0 spiro atoms. The third kappa shape index (κ3) is 3.62. The van der Waals surface area contributed by atoms with Gasteiger partial charge in [0.05, 0.1) is 13.0 Å². The van der Waals surface area contributed by atoms with Crippen molar-refractivity contribution in [1.82, 2.24) is 4.90 Å². The fraction of sp³-hybridized carbons (Fsp3) is 0.353. The van der Waals surface area contributed by atoms with Gasteiger partial charge >= 0.3 is 0 Å². The first-order valence-electron chi connectivity index (χ1n) is 7.95. The summed E-state index contributed by atoms with van der Waals surface area (Å²) in [5.41, 5.74) is 3.45. The SMILES string of the molecule is CCc1ccc(NC(C)=O)cc1NC(=O)CC1=CSC2=NCCN12.